The molecule has 2 aromatic heterocycles. The van der Waals surface area contributed by atoms with E-state index in [0.29, 0.717) is 55.4 Å². The van der Waals surface area contributed by atoms with E-state index in [1.807, 2.05) is 17.9 Å². The molecule has 0 saturated carbocycles. The Morgan fingerprint density at radius 2 is 1.80 bits per heavy atom. The van der Waals surface area contributed by atoms with Crippen LogP contribution in [-0.4, -0.2) is 70.5 Å². The number of phenols is 1. The van der Waals surface area contributed by atoms with Gasteiger partial charge in [-0.15, -0.1) is 10.2 Å². The second kappa shape index (κ2) is 11.6. The SMILES string of the molecule is C[C@@H]1CCN(c2cc(-c3ccccc3O)nnc2N)CCN1c1ccc(C(F)(F)F)c(C#CCN2CCCC2)n1. The molecule has 0 amide bonds. The Hall–Kier alpha value is -4.04. The monoisotopic (exact) mass is 551 g/mol. The van der Waals surface area contributed by atoms with Crippen LogP contribution in [0.15, 0.2) is 42.5 Å². The summed E-state index contributed by atoms with van der Waals surface area (Å²) in [5.41, 5.74) is 6.89. The molecule has 1 atom stereocenters. The van der Waals surface area contributed by atoms with E-state index in [4.69, 9.17) is 5.73 Å². The van der Waals surface area contributed by atoms with Crippen LogP contribution in [0.3, 0.4) is 0 Å². The number of para-hydroxylation sites is 1. The highest BCUT2D eigenvalue weighted by atomic mass is 19.4. The fraction of sp³-hybridized carbons (Fsp3) is 0.414. The minimum absolute atomic E-state index is 0.00769. The number of nitrogens with two attached hydrogens (primary N) is 1. The number of alkyl halides is 3. The lowest BCUT2D eigenvalue weighted by molar-refractivity contribution is -0.138. The third-order valence-corrected chi connectivity index (χ3v) is 7.47. The lowest BCUT2D eigenvalue weighted by Crippen LogP contribution is -2.35. The number of rotatable bonds is 4. The lowest BCUT2D eigenvalue weighted by atomic mass is 10.1. The van der Waals surface area contributed by atoms with Crippen molar-refractivity contribution in [1.29, 1.82) is 0 Å². The number of aromatic nitrogens is 3. The maximum Gasteiger partial charge on any atom is 0.419 e. The minimum atomic E-state index is -4.54. The summed E-state index contributed by atoms with van der Waals surface area (Å²) in [5.74, 6) is 6.44. The second-order valence-electron chi connectivity index (χ2n) is 10.2. The van der Waals surface area contributed by atoms with Crippen molar-refractivity contribution >= 4 is 17.3 Å². The van der Waals surface area contributed by atoms with E-state index in [2.05, 4.69) is 36.8 Å². The second-order valence-corrected chi connectivity index (χ2v) is 10.2. The number of nitrogens with zero attached hydrogens (tertiary/aromatic N) is 6. The Labute approximate surface area is 231 Å². The summed E-state index contributed by atoms with van der Waals surface area (Å²) in [6.07, 6.45) is -1.65. The average Bonchev–Trinajstić information content (AvgIpc) is 3.37. The zero-order valence-electron chi connectivity index (χ0n) is 22.3. The Morgan fingerprint density at radius 3 is 2.55 bits per heavy atom. The van der Waals surface area contributed by atoms with Crippen molar-refractivity contribution in [3.63, 3.8) is 0 Å². The Balaban J connectivity index is 1.39. The van der Waals surface area contributed by atoms with Gasteiger partial charge in [-0.05, 0) is 75.5 Å². The van der Waals surface area contributed by atoms with Crippen LogP contribution in [0.25, 0.3) is 11.3 Å². The van der Waals surface area contributed by atoms with E-state index >= 15 is 0 Å². The lowest BCUT2D eigenvalue weighted by Gasteiger charge is -2.28. The van der Waals surface area contributed by atoms with Crippen molar-refractivity contribution in [1.82, 2.24) is 20.1 Å². The number of halogens is 3. The molecule has 4 heterocycles. The smallest absolute Gasteiger partial charge is 0.419 e. The molecule has 2 saturated heterocycles. The molecule has 0 radical (unpaired) electrons. The van der Waals surface area contributed by atoms with Crippen molar-refractivity contribution in [2.45, 2.75) is 38.4 Å². The zero-order valence-corrected chi connectivity index (χ0v) is 22.3. The number of nitrogen functional groups attached to an aromatic ring is 1. The minimum Gasteiger partial charge on any atom is -0.507 e. The van der Waals surface area contributed by atoms with Crippen LogP contribution in [0.1, 0.15) is 37.4 Å². The number of aromatic hydroxyl groups is 1. The van der Waals surface area contributed by atoms with Crippen LogP contribution in [0.2, 0.25) is 0 Å². The first-order valence-corrected chi connectivity index (χ1v) is 13.4. The number of pyridine rings is 1. The maximum absolute atomic E-state index is 13.8. The highest BCUT2D eigenvalue weighted by Gasteiger charge is 2.35. The number of benzene rings is 1. The highest BCUT2D eigenvalue weighted by molar-refractivity contribution is 5.74. The van der Waals surface area contributed by atoms with Crippen LogP contribution in [0.5, 0.6) is 5.75 Å². The topological polar surface area (TPSA) is 94.6 Å². The van der Waals surface area contributed by atoms with Crippen LogP contribution >= 0.6 is 0 Å². The first kappa shape index (κ1) is 27.5. The van der Waals surface area contributed by atoms with E-state index in [9.17, 15) is 18.3 Å². The van der Waals surface area contributed by atoms with Gasteiger partial charge in [-0.25, -0.2) is 4.98 Å². The molecule has 3 N–H and O–H groups in total. The van der Waals surface area contributed by atoms with Gasteiger partial charge in [0.15, 0.2) is 5.82 Å². The van der Waals surface area contributed by atoms with Gasteiger partial charge in [0.2, 0.25) is 0 Å². The molecule has 2 fully saturated rings. The van der Waals surface area contributed by atoms with Crippen molar-refractivity contribution in [2.75, 3.05) is 54.8 Å². The molecule has 3 aromatic rings. The molecule has 40 heavy (non-hydrogen) atoms. The largest absolute Gasteiger partial charge is 0.507 e. The van der Waals surface area contributed by atoms with Crippen LogP contribution < -0.4 is 15.5 Å². The summed E-state index contributed by atoms with van der Waals surface area (Å²) in [4.78, 5) is 10.7. The number of anilines is 3. The molecule has 0 aliphatic carbocycles. The van der Waals surface area contributed by atoms with Gasteiger partial charge < -0.3 is 20.6 Å². The summed E-state index contributed by atoms with van der Waals surface area (Å²) in [7, 11) is 0. The molecular formula is C29H32F3N7O. The molecule has 2 aliphatic rings. The third-order valence-electron chi connectivity index (χ3n) is 7.47. The van der Waals surface area contributed by atoms with Crippen molar-refractivity contribution in [3.8, 4) is 28.8 Å². The van der Waals surface area contributed by atoms with E-state index in [0.717, 1.165) is 32.0 Å². The summed E-state index contributed by atoms with van der Waals surface area (Å²) in [6.45, 7) is 6.00. The van der Waals surface area contributed by atoms with Gasteiger partial charge in [0, 0.05) is 31.2 Å². The normalized spacial score (nSPS) is 18.4. The summed E-state index contributed by atoms with van der Waals surface area (Å²) in [6, 6.07) is 11.2. The van der Waals surface area contributed by atoms with E-state index in [1.165, 1.54) is 6.07 Å². The van der Waals surface area contributed by atoms with Crippen LogP contribution in [-0.2, 0) is 6.18 Å². The first-order valence-electron chi connectivity index (χ1n) is 13.4. The number of likely N-dealkylation sites (tertiary alicyclic amines) is 1. The van der Waals surface area contributed by atoms with Gasteiger partial charge in [-0.2, -0.15) is 13.2 Å². The standard InChI is InChI=1S/C29H32F3N7O/c1-20-12-16-38(25-19-24(35-36-28(25)33)21-7-2-3-9-26(21)40)17-18-39(20)27-11-10-22(29(30,31)32)23(34-27)8-6-15-37-13-4-5-14-37/h2-3,7,9-11,19-20,40H,4-5,12-18H2,1H3,(H2,33,36)/t20-/m1/s1. The maximum atomic E-state index is 13.8. The third kappa shape index (κ3) is 6.07. The van der Waals surface area contributed by atoms with Gasteiger partial charge in [0.05, 0.1) is 23.5 Å². The first-order chi connectivity index (χ1) is 19.2. The van der Waals surface area contributed by atoms with Gasteiger partial charge in [-0.1, -0.05) is 18.1 Å². The zero-order chi connectivity index (χ0) is 28.3. The fourth-order valence-corrected chi connectivity index (χ4v) is 5.22. The predicted octanol–water partition coefficient (Wildman–Crippen LogP) is 4.40. The van der Waals surface area contributed by atoms with Crippen molar-refractivity contribution in [3.05, 3.63) is 53.7 Å². The van der Waals surface area contributed by atoms with Crippen molar-refractivity contribution in [2.24, 2.45) is 0 Å². The Kier molecular flexibility index (Phi) is 7.98. The van der Waals surface area contributed by atoms with Gasteiger partial charge >= 0.3 is 6.18 Å². The summed E-state index contributed by atoms with van der Waals surface area (Å²) in [5, 5.41) is 18.6. The molecular weight excluding hydrogens is 519 g/mol. The van der Waals surface area contributed by atoms with E-state index in [-0.39, 0.29) is 23.3 Å². The molecule has 0 spiro atoms. The Morgan fingerprint density at radius 1 is 1.02 bits per heavy atom. The highest BCUT2D eigenvalue weighted by Crippen LogP contribution is 2.34. The molecule has 8 nitrogen and oxygen atoms in total. The van der Waals surface area contributed by atoms with Crippen molar-refractivity contribution < 1.29 is 18.3 Å². The van der Waals surface area contributed by atoms with Crippen LogP contribution in [0, 0.1) is 11.8 Å². The van der Waals surface area contributed by atoms with Gasteiger partial charge in [0.1, 0.15) is 17.3 Å². The summed E-state index contributed by atoms with van der Waals surface area (Å²) >= 11 is 0. The molecule has 0 unspecified atom stereocenters. The summed E-state index contributed by atoms with van der Waals surface area (Å²) < 4.78 is 41.3. The molecule has 2 aliphatic heterocycles. The van der Waals surface area contributed by atoms with Gasteiger partial charge in [0.25, 0.3) is 0 Å². The molecule has 1 aromatic carbocycles. The fourth-order valence-electron chi connectivity index (χ4n) is 5.22. The van der Waals surface area contributed by atoms with E-state index in [1.54, 1.807) is 24.3 Å². The molecule has 210 valence electrons. The number of phenolic OH excluding ortho intramolecular Hbond substituents is 1. The molecule has 0 bridgehead atoms. The van der Waals surface area contributed by atoms with Gasteiger partial charge in [-0.3, -0.25) is 4.90 Å². The predicted molar refractivity (Wildman–Crippen MR) is 149 cm³/mol. The quantitative estimate of drug-likeness (QED) is 0.461. The number of hydrogen-bond donors (Lipinski definition) is 2. The molecule has 5 rings (SSSR count). The average molecular weight is 552 g/mol. The molecule has 11 heteroatoms. The van der Waals surface area contributed by atoms with Crippen LogP contribution in [0.4, 0.5) is 30.5 Å². The number of hydrogen-bond acceptors (Lipinski definition) is 8. The Bertz CT molecular complexity index is 1410. The van der Waals surface area contributed by atoms with E-state index < -0.39 is 11.7 Å².